The summed E-state index contributed by atoms with van der Waals surface area (Å²) in [6.07, 6.45) is 1.02. The van der Waals surface area contributed by atoms with E-state index in [-0.39, 0.29) is 5.56 Å². The third-order valence-corrected chi connectivity index (χ3v) is 4.52. The number of thiazole rings is 1. The van der Waals surface area contributed by atoms with Gasteiger partial charge in [0.05, 0.1) is 16.9 Å². The summed E-state index contributed by atoms with van der Waals surface area (Å²) in [6.45, 7) is 3.03. The highest BCUT2D eigenvalue weighted by molar-refractivity contribution is 7.07. The maximum Gasteiger partial charge on any atom is 0.335 e. The fourth-order valence-corrected chi connectivity index (χ4v) is 3.44. The van der Waals surface area contributed by atoms with Gasteiger partial charge in [0.2, 0.25) is 0 Å². The Hall–Kier alpha value is -2.66. The fourth-order valence-electron chi connectivity index (χ4n) is 2.49. The molecular weight excluding hydrogens is 320 g/mol. The zero-order valence-electron chi connectivity index (χ0n) is 13.3. The van der Waals surface area contributed by atoms with Gasteiger partial charge in [-0.25, -0.2) is 9.79 Å². The molecule has 2 aromatic carbocycles. The monoisotopic (exact) mass is 338 g/mol. The van der Waals surface area contributed by atoms with E-state index >= 15 is 0 Å². The first-order valence-corrected chi connectivity index (χ1v) is 8.69. The molecule has 0 aliphatic rings. The molecule has 24 heavy (non-hydrogen) atoms. The van der Waals surface area contributed by atoms with Crippen molar-refractivity contribution in [2.75, 3.05) is 0 Å². The summed E-state index contributed by atoms with van der Waals surface area (Å²) in [5.41, 5.74) is 3.35. The Bertz CT molecular complexity index is 893. The highest BCUT2D eigenvalue weighted by Crippen LogP contribution is 2.21. The van der Waals surface area contributed by atoms with Gasteiger partial charge in [-0.15, -0.1) is 11.3 Å². The van der Waals surface area contributed by atoms with Gasteiger partial charge in [-0.1, -0.05) is 37.3 Å². The molecule has 0 aliphatic carbocycles. The van der Waals surface area contributed by atoms with E-state index in [1.54, 1.807) is 35.6 Å². The summed E-state index contributed by atoms with van der Waals surface area (Å²) in [5.74, 6) is -0.926. The Morgan fingerprint density at radius 1 is 1.12 bits per heavy atom. The second kappa shape index (κ2) is 7.27. The minimum atomic E-state index is -0.926. The molecule has 0 unspecified atom stereocenters. The van der Waals surface area contributed by atoms with Crippen LogP contribution in [-0.2, 0) is 6.54 Å². The number of hydrogen-bond acceptors (Lipinski definition) is 3. The molecule has 0 radical (unpaired) electrons. The standard InChI is InChI=1S/C19H18N2O2S/c1-2-12-21-17(14-6-4-3-5-7-14)13-24-19(21)20-16-10-8-15(9-11-16)18(22)23/h3-11,13H,2,12H2,1H3,(H,22,23). The molecular formula is C19H18N2O2S. The third kappa shape index (κ3) is 3.46. The summed E-state index contributed by atoms with van der Waals surface area (Å²) in [7, 11) is 0. The van der Waals surface area contributed by atoms with Crippen LogP contribution in [0.1, 0.15) is 23.7 Å². The van der Waals surface area contributed by atoms with Crippen molar-refractivity contribution in [2.45, 2.75) is 19.9 Å². The van der Waals surface area contributed by atoms with Crippen LogP contribution in [0.5, 0.6) is 0 Å². The Kier molecular flexibility index (Phi) is 4.91. The van der Waals surface area contributed by atoms with Gasteiger partial charge in [-0.05, 0) is 36.2 Å². The van der Waals surface area contributed by atoms with E-state index in [2.05, 4.69) is 29.0 Å². The van der Waals surface area contributed by atoms with Crippen molar-refractivity contribution in [3.05, 3.63) is 70.3 Å². The minimum Gasteiger partial charge on any atom is -0.478 e. The average Bonchev–Trinajstić information content (AvgIpc) is 2.99. The lowest BCUT2D eigenvalue weighted by Crippen LogP contribution is -2.15. The highest BCUT2D eigenvalue weighted by Gasteiger charge is 2.07. The van der Waals surface area contributed by atoms with Crippen LogP contribution < -0.4 is 4.80 Å². The van der Waals surface area contributed by atoms with Gasteiger partial charge < -0.3 is 9.67 Å². The first-order chi connectivity index (χ1) is 11.7. The van der Waals surface area contributed by atoms with Gasteiger partial charge in [0, 0.05) is 11.9 Å². The van der Waals surface area contributed by atoms with E-state index in [1.807, 2.05) is 18.2 Å². The molecule has 0 atom stereocenters. The summed E-state index contributed by atoms with van der Waals surface area (Å²) in [6, 6.07) is 16.9. The molecule has 5 heteroatoms. The van der Waals surface area contributed by atoms with Gasteiger partial charge in [0.1, 0.15) is 0 Å². The predicted molar refractivity (Wildman–Crippen MR) is 96.7 cm³/mol. The van der Waals surface area contributed by atoms with Crippen LogP contribution in [0, 0.1) is 0 Å². The summed E-state index contributed by atoms with van der Waals surface area (Å²) >= 11 is 1.60. The van der Waals surface area contributed by atoms with E-state index < -0.39 is 5.97 Å². The van der Waals surface area contributed by atoms with Crippen LogP contribution in [0.15, 0.2) is 65.0 Å². The van der Waals surface area contributed by atoms with Crippen molar-refractivity contribution >= 4 is 23.0 Å². The number of carboxylic acids is 1. The van der Waals surface area contributed by atoms with Crippen LogP contribution in [0.2, 0.25) is 0 Å². The molecule has 122 valence electrons. The predicted octanol–water partition coefficient (Wildman–Crippen LogP) is 4.56. The summed E-state index contributed by atoms with van der Waals surface area (Å²) in [4.78, 5) is 16.5. The van der Waals surface area contributed by atoms with E-state index in [4.69, 9.17) is 10.1 Å². The van der Waals surface area contributed by atoms with Crippen LogP contribution >= 0.6 is 11.3 Å². The second-order valence-electron chi connectivity index (χ2n) is 5.39. The van der Waals surface area contributed by atoms with Gasteiger partial charge in [0.25, 0.3) is 0 Å². The van der Waals surface area contributed by atoms with Crippen molar-refractivity contribution in [2.24, 2.45) is 4.99 Å². The molecule has 1 aromatic heterocycles. The smallest absolute Gasteiger partial charge is 0.335 e. The second-order valence-corrected chi connectivity index (χ2v) is 6.22. The molecule has 0 spiro atoms. The highest BCUT2D eigenvalue weighted by atomic mass is 32.1. The molecule has 0 saturated heterocycles. The topological polar surface area (TPSA) is 54.6 Å². The lowest BCUT2D eigenvalue weighted by atomic mass is 10.2. The number of hydrogen-bond donors (Lipinski definition) is 1. The normalized spacial score (nSPS) is 11.6. The Balaban J connectivity index is 2.04. The minimum absolute atomic E-state index is 0.270. The molecule has 0 bridgehead atoms. The average molecular weight is 338 g/mol. The largest absolute Gasteiger partial charge is 0.478 e. The zero-order chi connectivity index (χ0) is 16.9. The maximum atomic E-state index is 10.9. The van der Waals surface area contributed by atoms with Gasteiger partial charge in [-0.3, -0.25) is 0 Å². The Morgan fingerprint density at radius 2 is 1.83 bits per heavy atom. The van der Waals surface area contributed by atoms with Crippen molar-refractivity contribution in [3.63, 3.8) is 0 Å². The molecule has 0 fully saturated rings. The lowest BCUT2D eigenvalue weighted by molar-refractivity contribution is 0.0697. The maximum absolute atomic E-state index is 10.9. The van der Waals surface area contributed by atoms with Crippen LogP contribution in [0.3, 0.4) is 0 Å². The van der Waals surface area contributed by atoms with Crippen LogP contribution in [0.25, 0.3) is 11.3 Å². The molecule has 3 rings (SSSR count). The fraction of sp³-hybridized carbons (Fsp3) is 0.158. The number of carboxylic acid groups (broad SMARTS) is 1. The van der Waals surface area contributed by atoms with Crippen LogP contribution in [0.4, 0.5) is 5.69 Å². The quantitative estimate of drug-likeness (QED) is 0.741. The van der Waals surface area contributed by atoms with E-state index in [0.717, 1.165) is 29.1 Å². The van der Waals surface area contributed by atoms with Crippen molar-refractivity contribution in [3.8, 4) is 11.3 Å². The first-order valence-electron chi connectivity index (χ1n) is 7.81. The lowest BCUT2D eigenvalue weighted by Gasteiger charge is -2.07. The molecule has 4 nitrogen and oxygen atoms in total. The first kappa shape index (κ1) is 16.2. The molecule has 0 amide bonds. The van der Waals surface area contributed by atoms with Gasteiger partial charge in [-0.2, -0.15) is 0 Å². The van der Waals surface area contributed by atoms with Gasteiger partial charge in [0.15, 0.2) is 4.80 Å². The molecule has 0 aliphatic heterocycles. The van der Waals surface area contributed by atoms with Crippen molar-refractivity contribution in [1.29, 1.82) is 0 Å². The van der Waals surface area contributed by atoms with E-state index in [1.165, 1.54) is 5.56 Å². The van der Waals surface area contributed by atoms with E-state index in [9.17, 15) is 4.79 Å². The van der Waals surface area contributed by atoms with Crippen molar-refractivity contribution in [1.82, 2.24) is 4.57 Å². The SMILES string of the molecule is CCCn1c(-c2ccccc2)csc1=Nc1ccc(C(=O)O)cc1. The molecule has 0 saturated carbocycles. The number of aromatic carboxylic acids is 1. The summed E-state index contributed by atoms with van der Waals surface area (Å²) < 4.78 is 2.21. The molecule has 1 N–H and O–H groups in total. The number of aromatic nitrogens is 1. The molecule has 3 aromatic rings. The van der Waals surface area contributed by atoms with E-state index in [0.29, 0.717) is 0 Å². The molecule has 1 heterocycles. The number of nitrogens with zero attached hydrogens (tertiary/aromatic N) is 2. The number of carbonyl (C=O) groups is 1. The Morgan fingerprint density at radius 3 is 2.46 bits per heavy atom. The Labute approximate surface area is 144 Å². The van der Waals surface area contributed by atoms with Crippen molar-refractivity contribution < 1.29 is 9.90 Å². The van der Waals surface area contributed by atoms with Crippen LogP contribution in [-0.4, -0.2) is 15.6 Å². The third-order valence-electron chi connectivity index (χ3n) is 3.65. The number of rotatable bonds is 5. The number of benzene rings is 2. The zero-order valence-corrected chi connectivity index (χ0v) is 14.2. The summed E-state index contributed by atoms with van der Waals surface area (Å²) in [5, 5.41) is 11.1. The van der Waals surface area contributed by atoms with Gasteiger partial charge >= 0.3 is 5.97 Å².